The molecule has 0 radical (unpaired) electrons. The number of likely N-dealkylation sites (tertiary alicyclic amines) is 1. The first kappa shape index (κ1) is 20.4. The molecule has 27 heavy (non-hydrogen) atoms. The lowest BCUT2D eigenvalue weighted by Crippen LogP contribution is -2.43. The summed E-state index contributed by atoms with van der Waals surface area (Å²) in [4.78, 5) is 34.8. The van der Waals surface area contributed by atoms with Gasteiger partial charge in [-0.25, -0.2) is 0 Å². The van der Waals surface area contributed by atoms with Crippen molar-refractivity contribution in [2.45, 2.75) is 39.7 Å². The molecule has 0 bridgehead atoms. The molecule has 2 heterocycles. The molecule has 1 amide bonds. The maximum atomic E-state index is 12.1. The van der Waals surface area contributed by atoms with Gasteiger partial charge in [-0.1, -0.05) is 19.9 Å². The van der Waals surface area contributed by atoms with Crippen molar-refractivity contribution in [1.82, 2.24) is 9.88 Å². The minimum Gasteiger partial charge on any atom is -0.490 e. The van der Waals surface area contributed by atoms with E-state index < -0.39 is 0 Å². The molecule has 0 saturated carbocycles. The molecular formula is C20H25N3O4. The highest BCUT2D eigenvalue weighted by Crippen LogP contribution is 2.32. The summed E-state index contributed by atoms with van der Waals surface area (Å²) >= 11 is 0. The number of carbonyl (C=O) groups excluding carboxylic acids is 3. The highest BCUT2D eigenvalue weighted by molar-refractivity contribution is 5.95. The van der Waals surface area contributed by atoms with Crippen molar-refractivity contribution < 1.29 is 19.1 Å². The summed E-state index contributed by atoms with van der Waals surface area (Å²) < 4.78 is 6.22. The lowest BCUT2D eigenvalue weighted by atomic mass is 10.0. The van der Waals surface area contributed by atoms with E-state index in [1.54, 1.807) is 0 Å². The topological polar surface area (TPSA) is 103 Å². The molecule has 1 aromatic heterocycles. The minimum atomic E-state index is 0.0506. The summed E-state index contributed by atoms with van der Waals surface area (Å²) in [5, 5.41) is 0.879. The largest absolute Gasteiger partial charge is 0.490 e. The Morgan fingerprint density at radius 3 is 2.52 bits per heavy atom. The molecule has 0 aliphatic carbocycles. The molecule has 0 spiro atoms. The quantitative estimate of drug-likeness (QED) is 0.889. The number of fused-ring (bicyclic) bond motifs is 1. The van der Waals surface area contributed by atoms with Gasteiger partial charge >= 0.3 is 6.15 Å². The number of amides is 1. The number of hydrogen-bond donors (Lipinski definition) is 1. The fourth-order valence-corrected chi connectivity index (χ4v) is 3.26. The molecule has 1 aromatic carbocycles. The highest BCUT2D eigenvalue weighted by atomic mass is 16.5. The van der Waals surface area contributed by atoms with E-state index in [0.717, 1.165) is 48.3 Å². The first-order valence-electron chi connectivity index (χ1n) is 8.98. The Labute approximate surface area is 158 Å². The van der Waals surface area contributed by atoms with Crippen LogP contribution in [-0.4, -0.2) is 41.1 Å². The van der Waals surface area contributed by atoms with Crippen LogP contribution >= 0.6 is 0 Å². The summed E-state index contributed by atoms with van der Waals surface area (Å²) in [5.41, 5.74) is 8.64. The summed E-state index contributed by atoms with van der Waals surface area (Å²) in [6, 6.07) is 7.72. The first-order chi connectivity index (χ1) is 12.9. The number of aromatic nitrogens is 1. The predicted molar refractivity (Wildman–Crippen MR) is 101 cm³/mol. The van der Waals surface area contributed by atoms with Crippen molar-refractivity contribution in [3.8, 4) is 5.75 Å². The van der Waals surface area contributed by atoms with Crippen LogP contribution in [0, 0.1) is 12.8 Å². The van der Waals surface area contributed by atoms with Crippen LogP contribution in [0.25, 0.3) is 10.9 Å². The van der Waals surface area contributed by atoms with Gasteiger partial charge in [-0.15, -0.1) is 0 Å². The van der Waals surface area contributed by atoms with Crippen molar-refractivity contribution >= 4 is 28.6 Å². The van der Waals surface area contributed by atoms with Crippen molar-refractivity contribution in [3.05, 3.63) is 30.0 Å². The number of ether oxygens (including phenoxy) is 1. The van der Waals surface area contributed by atoms with E-state index in [2.05, 4.69) is 4.98 Å². The van der Waals surface area contributed by atoms with Crippen LogP contribution in [0.4, 0.5) is 5.69 Å². The number of nitrogens with zero attached hydrogens (tertiary/aromatic N) is 2. The van der Waals surface area contributed by atoms with Gasteiger partial charge in [-0.2, -0.15) is 9.59 Å². The average Bonchev–Trinajstić information content (AvgIpc) is 2.62. The van der Waals surface area contributed by atoms with E-state index in [-0.39, 0.29) is 24.1 Å². The lowest BCUT2D eigenvalue weighted by Gasteiger charge is -2.33. The molecular weight excluding hydrogens is 346 g/mol. The second-order valence-corrected chi connectivity index (χ2v) is 6.88. The Kier molecular flexibility index (Phi) is 6.91. The molecule has 2 aromatic rings. The number of anilines is 1. The predicted octanol–water partition coefficient (Wildman–Crippen LogP) is 2.57. The Bertz CT molecular complexity index is 836. The second kappa shape index (κ2) is 9.14. The maximum absolute atomic E-state index is 12.1. The second-order valence-electron chi connectivity index (χ2n) is 6.88. The van der Waals surface area contributed by atoms with Gasteiger partial charge < -0.3 is 15.4 Å². The smallest absolute Gasteiger partial charge is 0.373 e. The Balaban J connectivity index is 0.000000817. The number of rotatable bonds is 3. The zero-order valence-electron chi connectivity index (χ0n) is 15.9. The Morgan fingerprint density at radius 2 is 1.93 bits per heavy atom. The summed E-state index contributed by atoms with van der Waals surface area (Å²) in [7, 11) is 0. The lowest BCUT2D eigenvalue weighted by molar-refractivity contribution is -0.191. The maximum Gasteiger partial charge on any atom is 0.373 e. The Morgan fingerprint density at radius 1 is 1.30 bits per heavy atom. The number of piperidine rings is 1. The molecule has 144 valence electrons. The van der Waals surface area contributed by atoms with Crippen LogP contribution in [0.2, 0.25) is 0 Å². The SMILES string of the molecule is Cc1cc(N)c2c(OC3CCN(C(=O)C(C)C)CC3)cccc2n1.O=C=O. The number of pyridine rings is 1. The third-order valence-corrected chi connectivity index (χ3v) is 4.50. The van der Waals surface area contributed by atoms with Crippen LogP contribution in [0.5, 0.6) is 5.75 Å². The molecule has 0 atom stereocenters. The van der Waals surface area contributed by atoms with Crippen LogP contribution in [0.3, 0.4) is 0 Å². The minimum absolute atomic E-state index is 0.0506. The number of benzene rings is 1. The van der Waals surface area contributed by atoms with Crippen molar-refractivity contribution in [1.29, 1.82) is 0 Å². The molecule has 7 heteroatoms. The fraction of sp³-hybridized carbons (Fsp3) is 0.450. The van der Waals surface area contributed by atoms with Crippen LogP contribution in [-0.2, 0) is 14.4 Å². The summed E-state index contributed by atoms with van der Waals surface area (Å²) in [5.74, 6) is 1.06. The van der Waals surface area contributed by atoms with Crippen LogP contribution < -0.4 is 10.5 Å². The van der Waals surface area contributed by atoms with Gasteiger partial charge in [-0.05, 0) is 25.1 Å². The summed E-state index contributed by atoms with van der Waals surface area (Å²) in [6.45, 7) is 7.32. The van der Waals surface area contributed by atoms with Crippen LogP contribution in [0.1, 0.15) is 32.4 Å². The Hall–Kier alpha value is -2.92. The molecule has 2 N–H and O–H groups in total. The monoisotopic (exact) mass is 371 g/mol. The molecule has 1 aliphatic heterocycles. The number of carbonyl (C=O) groups is 1. The van der Waals surface area contributed by atoms with Gasteiger partial charge in [0.15, 0.2) is 0 Å². The number of nitrogens with two attached hydrogens (primary N) is 1. The number of hydrogen-bond acceptors (Lipinski definition) is 6. The van der Waals surface area contributed by atoms with Gasteiger partial charge in [0.2, 0.25) is 5.91 Å². The van der Waals surface area contributed by atoms with Crippen LogP contribution in [0.15, 0.2) is 24.3 Å². The van der Waals surface area contributed by atoms with Gasteiger partial charge in [0.25, 0.3) is 0 Å². The van der Waals surface area contributed by atoms with E-state index in [9.17, 15) is 4.79 Å². The average molecular weight is 371 g/mol. The molecule has 7 nitrogen and oxygen atoms in total. The molecule has 1 aliphatic rings. The van der Waals surface area contributed by atoms with Gasteiger partial charge in [0.1, 0.15) is 11.9 Å². The van der Waals surface area contributed by atoms with Gasteiger partial charge in [0, 0.05) is 43.2 Å². The van der Waals surface area contributed by atoms with E-state index in [1.807, 2.05) is 49.9 Å². The van der Waals surface area contributed by atoms with Crippen molar-refractivity contribution in [2.75, 3.05) is 18.8 Å². The van der Waals surface area contributed by atoms with E-state index in [1.165, 1.54) is 0 Å². The van der Waals surface area contributed by atoms with E-state index in [4.69, 9.17) is 20.1 Å². The number of aryl methyl sites for hydroxylation is 1. The van der Waals surface area contributed by atoms with Gasteiger partial charge in [0.05, 0.1) is 10.9 Å². The van der Waals surface area contributed by atoms with Crippen molar-refractivity contribution in [2.24, 2.45) is 5.92 Å². The molecule has 1 fully saturated rings. The van der Waals surface area contributed by atoms with E-state index >= 15 is 0 Å². The van der Waals surface area contributed by atoms with Crippen molar-refractivity contribution in [3.63, 3.8) is 0 Å². The first-order valence-corrected chi connectivity index (χ1v) is 8.98. The third kappa shape index (κ3) is 5.05. The van der Waals surface area contributed by atoms with E-state index in [0.29, 0.717) is 5.69 Å². The molecule has 3 rings (SSSR count). The standard InChI is InChI=1S/C19H25N3O2.CO2/c1-12(2)19(23)22-9-7-14(8-10-22)24-17-6-4-5-16-18(17)15(20)11-13(3)21-16;2-1-3/h4-6,11-12,14H,7-10H2,1-3H3,(H2,20,21);. The highest BCUT2D eigenvalue weighted by Gasteiger charge is 2.25. The third-order valence-electron chi connectivity index (χ3n) is 4.50. The zero-order chi connectivity index (χ0) is 20.0. The summed E-state index contributed by atoms with van der Waals surface area (Å²) in [6.07, 6.45) is 2.04. The number of nitrogen functional groups attached to an aromatic ring is 1. The zero-order valence-corrected chi connectivity index (χ0v) is 15.9. The van der Waals surface area contributed by atoms with Gasteiger partial charge in [-0.3, -0.25) is 9.78 Å². The molecule has 0 unspecified atom stereocenters. The normalized spacial score (nSPS) is 14.4. The fourth-order valence-electron chi connectivity index (χ4n) is 3.26. The molecule has 1 saturated heterocycles.